The van der Waals surface area contributed by atoms with Crippen molar-refractivity contribution in [2.24, 2.45) is 0 Å². The number of rotatable bonds is 8. The van der Waals surface area contributed by atoms with Gasteiger partial charge in [-0.2, -0.15) is 0 Å². The first kappa shape index (κ1) is 33.4. The molecule has 9 nitrogen and oxygen atoms in total. The predicted molar refractivity (Wildman–Crippen MR) is 189 cm³/mol. The first-order chi connectivity index (χ1) is 22.2. The molecule has 3 N–H and O–H groups in total. The second kappa shape index (κ2) is 13.8. The lowest BCUT2D eigenvalue weighted by Gasteiger charge is -2.19. The molecule has 0 aliphatic heterocycles. The van der Waals surface area contributed by atoms with Gasteiger partial charge in [0.25, 0.3) is 5.91 Å². The molecule has 0 saturated carbocycles. The maximum atomic E-state index is 13.4. The number of carbonyl (C=O) groups excluding carboxylic acids is 2. The quantitative estimate of drug-likeness (QED) is 0.153. The molecule has 0 fully saturated rings. The molecule has 2 aromatic heterocycles. The normalized spacial score (nSPS) is 12.3. The van der Waals surface area contributed by atoms with Crippen molar-refractivity contribution in [3.63, 3.8) is 0 Å². The van der Waals surface area contributed by atoms with Gasteiger partial charge in [-0.3, -0.25) is 10.1 Å². The summed E-state index contributed by atoms with van der Waals surface area (Å²) in [6, 6.07) is 26.7. The first-order valence-electron chi connectivity index (χ1n) is 15.4. The van der Waals surface area contributed by atoms with Gasteiger partial charge in [0.2, 0.25) is 0 Å². The van der Waals surface area contributed by atoms with E-state index in [2.05, 4.69) is 46.7 Å². The van der Waals surface area contributed by atoms with Crippen molar-refractivity contribution < 1.29 is 14.3 Å². The van der Waals surface area contributed by atoms with Crippen molar-refractivity contribution >= 4 is 52.0 Å². The summed E-state index contributed by atoms with van der Waals surface area (Å²) in [4.78, 5) is 41.2. The zero-order valence-corrected chi connectivity index (χ0v) is 28.5. The lowest BCUT2D eigenvalue weighted by molar-refractivity contribution is 0.0635. The predicted octanol–water partition coefficient (Wildman–Crippen LogP) is 9.06. The van der Waals surface area contributed by atoms with Gasteiger partial charge < -0.3 is 15.4 Å². The lowest BCUT2D eigenvalue weighted by atomic mass is 9.91. The third-order valence-corrected chi connectivity index (χ3v) is 8.22. The molecule has 2 amide bonds. The molecular weight excluding hydrogens is 609 g/mol. The van der Waals surface area contributed by atoms with Crippen molar-refractivity contribution in [3.8, 4) is 0 Å². The number of fused-ring (bicyclic) bond motifs is 1. The molecule has 0 bridgehead atoms. The van der Waals surface area contributed by atoms with Crippen LogP contribution in [0.1, 0.15) is 76.1 Å². The van der Waals surface area contributed by atoms with Crippen LogP contribution in [0.15, 0.2) is 101 Å². The summed E-state index contributed by atoms with van der Waals surface area (Å²) in [7, 11) is 0. The number of carbonyl (C=O) groups is 2. The van der Waals surface area contributed by atoms with Gasteiger partial charge in [0, 0.05) is 32.2 Å². The standard InChI is InChI=1S/C37H40N6O3S/c1-23(24-11-9-8-10-12-24)40-34(44)25-13-19-30(47-27-16-14-26(15-17-27)41-35(45)46-37(5,6)7)29(21-25)42-32-28-18-20-31(36(2,3)4)43-33(28)39-22-38-32/h8-23H,1-7H3,(H,40,44)(H,41,45)(H,38,39,42,43)/t23-/m0/s1. The number of hydrogen-bond donors (Lipinski definition) is 3. The van der Waals surface area contributed by atoms with Crippen molar-refractivity contribution in [2.45, 2.75) is 75.3 Å². The molecule has 47 heavy (non-hydrogen) atoms. The van der Waals surface area contributed by atoms with Crippen LogP contribution in [0.2, 0.25) is 0 Å². The van der Waals surface area contributed by atoms with E-state index in [-0.39, 0.29) is 17.4 Å². The van der Waals surface area contributed by atoms with Crippen LogP contribution in [0.5, 0.6) is 0 Å². The molecule has 1 atom stereocenters. The van der Waals surface area contributed by atoms with Crippen molar-refractivity contribution in [2.75, 3.05) is 10.6 Å². The molecule has 0 unspecified atom stereocenters. The van der Waals surface area contributed by atoms with E-state index in [1.165, 1.54) is 18.1 Å². The summed E-state index contributed by atoms with van der Waals surface area (Å²) in [5, 5.41) is 10.1. The van der Waals surface area contributed by atoms with Gasteiger partial charge in [-0.1, -0.05) is 62.9 Å². The third kappa shape index (κ3) is 8.86. The summed E-state index contributed by atoms with van der Waals surface area (Å²) in [5.41, 5.74) is 3.64. The zero-order chi connectivity index (χ0) is 33.8. The third-order valence-electron chi connectivity index (χ3n) is 7.13. The fraction of sp³-hybridized carbons (Fsp3) is 0.270. The van der Waals surface area contributed by atoms with Crippen LogP contribution >= 0.6 is 11.8 Å². The Kier molecular flexibility index (Phi) is 9.81. The highest BCUT2D eigenvalue weighted by Crippen LogP contribution is 2.37. The number of benzene rings is 3. The Balaban J connectivity index is 1.44. The van der Waals surface area contributed by atoms with E-state index in [1.54, 1.807) is 0 Å². The number of aromatic nitrogens is 3. The van der Waals surface area contributed by atoms with Crippen molar-refractivity contribution in [1.82, 2.24) is 20.3 Å². The van der Waals surface area contributed by atoms with E-state index in [1.807, 2.05) is 113 Å². The number of amides is 2. The topological polar surface area (TPSA) is 118 Å². The van der Waals surface area contributed by atoms with Crippen LogP contribution < -0.4 is 16.0 Å². The fourth-order valence-corrected chi connectivity index (χ4v) is 5.59. The van der Waals surface area contributed by atoms with Crippen LogP contribution in [0.4, 0.5) is 22.0 Å². The van der Waals surface area contributed by atoms with Crippen LogP contribution in [-0.2, 0) is 10.2 Å². The number of ether oxygens (including phenoxy) is 1. The Morgan fingerprint density at radius 2 is 1.57 bits per heavy atom. The molecular formula is C37H40N6O3S. The largest absolute Gasteiger partial charge is 0.444 e. The monoisotopic (exact) mass is 648 g/mol. The summed E-state index contributed by atoms with van der Waals surface area (Å²) in [5.74, 6) is 0.388. The fourth-order valence-electron chi connectivity index (χ4n) is 4.71. The Labute approximate surface area is 280 Å². The van der Waals surface area contributed by atoms with Crippen LogP contribution in [0.25, 0.3) is 11.0 Å². The second-order valence-corrected chi connectivity index (χ2v) is 14.4. The first-order valence-corrected chi connectivity index (χ1v) is 16.2. The highest BCUT2D eigenvalue weighted by atomic mass is 32.2. The Hall–Kier alpha value is -4.96. The summed E-state index contributed by atoms with van der Waals surface area (Å²) in [6.45, 7) is 13.8. The van der Waals surface area contributed by atoms with E-state index >= 15 is 0 Å². The van der Waals surface area contributed by atoms with Gasteiger partial charge in [0.05, 0.1) is 17.1 Å². The van der Waals surface area contributed by atoms with Crippen molar-refractivity contribution in [3.05, 3.63) is 108 Å². The summed E-state index contributed by atoms with van der Waals surface area (Å²) < 4.78 is 5.36. The molecule has 0 aliphatic carbocycles. The molecule has 5 rings (SSSR count). The Bertz CT molecular complexity index is 1880. The van der Waals surface area contributed by atoms with E-state index in [4.69, 9.17) is 9.72 Å². The zero-order valence-electron chi connectivity index (χ0n) is 27.7. The molecule has 0 aliphatic rings. The summed E-state index contributed by atoms with van der Waals surface area (Å²) in [6.07, 6.45) is 0.979. The van der Waals surface area contributed by atoms with E-state index in [0.29, 0.717) is 28.4 Å². The van der Waals surface area contributed by atoms with E-state index in [9.17, 15) is 9.59 Å². The molecule has 242 valence electrons. The molecule has 0 radical (unpaired) electrons. The molecule has 2 heterocycles. The highest BCUT2D eigenvalue weighted by Gasteiger charge is 2.19. The van der Waals surface area contributed by atoms with Gasteiger partial charge in [0.1, 0.15) is 17.7 Å². The number of anilines is 3. The average molecular weight is 649 g/mol. The molecule has 0 spiro atoms. The van der Waals surface area contributed by atoms with Gasteiger partial charge in [-0.15, -0.1) is 0 Å². The van der Waals surface area contributed by atoms with E-state index in [0.717, 1.165) is 26.4 Å². The molecule has 5 aromatic rings. The molecule has 10 heteroatoms. The number of nitrogens with one attached hydrogen (secondary N) is 3. The summed E-state index contributed by atoms with van der Waals surface area (Å²) >= 11 is 1.52. The minimum absolute atomic E-state index is 0.132. The molecule has 0 saturated heterocycles. The smallest absolute Gasteiger partial charge is 0.412 e. The van der Waals surface area contributed by atoms with Gasteiger partial charge in [-0.25, -0.2) is 19.7 Å². The highest BCUT2D eigenvalue weighted by molar-refractivity contribution is 7.99. The minimum atomic E-state index is -0.591. The van der Waals surface area contributed by atoms with Crippen LogP contribution in [-0.4, -0.2) is 32.6 Å². The van der Waals surface area contributed by atoms with Crippen LogP contribution in [0, 0.1) is 0 Å². The second-order valence-electron chi connectivity index (χ2n) is 13.2. The maximum absolute atomic E-state index is 13.4. The Morgan fingerprint density at radius 1 is 0.851 bits per heavy atom. The number of hydrogen-bond acceptors (Lipinski definition) is 8. The minimum Gasteiger partial charge on any atom is -0.444 e. The number of pyridine rings is 1. The molecule has 3 aromatic carbocycles. The van der Waals surface area contributed by atoms with E-state index < -0.39 is 11.7 Å². The Morgan fingerprint density at radius 3 is 2.26 bits per heavy atom. The van der Waals surface area contributed by atoms with Gasteiger partial charge >= 0.3 is 6.09 Å². The lowest BCUT2D eigenvalue weighted by Crippen LogP contribution is -2.27. The number of nitrogens with zero attached hydrogens (tertiary/aromatic N) is 3. The van der Waals surface area contributed by atoms with Crippen LogP contribution in [0.3, 0.4) is 0 Å². The van der Waals surface area contributed by atoms with Crippen molar-refractivity contribution in [1.29, 1.82) is 0 Å². The van der Waals surface area contributed by atoms with Gasteiger partial charge in [-0.05, 0) is 87.9 Å². The average Bonchev–Trinajstić information content (AvgIpc) is 3.01. The SMILES string of the molecule is C[C@H](NC(=O)c1ccc(Sc2ccc(NC(=O)OC(C)(C)C)cc2)c(Nc2ncnc3nc(C(C)(C)C)ccc23)c1)c1ccccc1. The van der Waals surface area contributed by atoms with Gasteiger partial charge in [0.15, 0.2) is 5.65 Å². The maximum Gasteiger partial charge on any atom is 0.412 e.